The molecule has 11 nitrogen and oxygen atoms in total. The number of nitriles is 1. The lowest BCUT2D eigenvalue weighted by molar-refractivity contribution is -0.133. The van der Waals surface area contributed by atoms with E-state index >= 15 is 0 Å². The molecule has 1 N–H and O–H groups in total. The molecule has 0 unspecified atom stereocenters. The van der Waals surface area contributed by atoms with Crippen LogP contribution in [0.4, 0.5) is 20.4 Å². The molecule has 0 radical (unpaired) electrons. The molecule has 2 aliphatic rings. The van der Waals surface area contributed by atoms with E-state index in [1.54, 1.807) is 12.1 Å². The largest absolute Gasteiger partial charge is 0.351 e. The number of amides is 3. The smallest absolute Gasteiger partial charge is 0.252 e. The van der Waals surface area contributed by atoms with Gasteiger partial charge in [0.15, 0.2) is 9.84 Å². The molecular formula is C29H25ClF2N6O5S. The van der Waals surface area contributed by atoms with Crippen molar-refractivity contribution in [2.75, 3.05) is 16.1 Å². The van der Waals surface area contributed by atoms with E-state index in [2.05, 4.69) is 15.3 Å². The lowest BCUT2D eigenvalue weighted by Gasteiger charge is -2.39. The molecule has 44 heavy (non-hydrogen) atoms. The fourth-order valence-electron chi connectivity index (χ4n) is 5.26. The molecule has 1 saturated carbocycles. The Labute approximate surface area is 256 Å². The molecule has 1 aliphatic heterocycles. The highest BCUT2D eigenvalue weighted by atomic mass is 35.5. The lowest BCUT2D eigenvalue weighted by atomic mass is 9.87. The Bertz CT molecular complexity index is 1790. The number of carbonyl (C=O) groups excluding carboxylic acids is 3. The summed E-state index contributed by atoms with van der Waals surface area (Å²) >= 11 is 6.52. The third kappa shape index (κ3) is 6.24. The number of hydrogen-bond donors (Lipinski definition) is 1. The minimum Gasteiger partial charge on any atom is -0.351 e. The van der Waals surface area contributed by atoms with Crippen molar-refractivity contribution in [3.8, 4) is 6.07 Å². The predicted molar refractivity (Wildman–Crippen MR) is 155 cm³/mol. The van der Waals surface area contributed by atoms with Gasteiger partial charge >= 0.3 is 0 Å². The Morgan fingerprint density at radius 2 is 1.91 bits per heavy atom. The molecule has 0 bridgehead atoms. The quantitative estimate of drug-likeness (QED) is 0.391. The van der Waals surface area contributed by atoms with E-state index in [9.17, 15) is 36.8 Å². The van der Waals surface area contributed by atoms with Crippen molar-refractivity contribution in [3.63, 3.8) is 0 Å². The summed E-state index contributed by atoms with van der Waals surface area (Å²) in [5, 5.41) is 12.0. The number of alkyl halides is 2. The van der Waals surface area contributed by atoms with Gasteiger partial charge in [0, 0.05) is 54.0 Å². The second-order valence-corrected chi connectivity index (χ2v) is 13.0. The molecule has 15 heteroatoms. The number of hydrogen-bond acceptors (Lipinski definition) is 8. The van der Waals surface area contributed by atoms with Crippen molar-refractivity contribution >= 4 is 50.8 Å². The Balaban J connectivity index is 1.66. The van der Waals surface area contributed by atoms with Crippen LogP contribution in [0.5, 0.6) is 0 Å². The highest BCUT2D eigenvalue weighted by molar-refractivity contribution is 7.90. The SMILES string of the molecule is CS(=O)(=O)c1cccc(N(C(=O)[C@@H]2CCC(=O)N2c2nccc(C#N)n2)[C@H](C(=O)NC2CC(F)(F)C2)c2ccccc2Cl)c1. The molecular weight excluding hydrogens is 618 g/mol. The highest BCUT2D eigenvalue weighted by Gasteiger charge is 2.49. The van der Waals surface area contributed by atoms with Gasteiger partial charge in [-0.2, -0.15) is 5.26 Å². The number of aromatic nitrogens is 2. The molecule has 3 aromatic rings. The van der Waals surface area contributed by atoms with Crippen LogP contribution in [0.1, 0.15) is 43.0 Å². The number of halogens is 3. The summed E-state index contributed by atoms with van der Waals surface area (Å²) in [6.07, 6.45) is 0.936. The van der Waals surface area contributed by atoms with Gasteiger partial charge in [-0.15, -0.1) is 0 Å². The van der Waals surface area contributed by atoms with Crippen molar-refractivity contribution in [1.29, 1.82) is 5.26 Å². The van der Waals surface area contributed by atoms with Crippen LogP contribution in [0, 0.1) is 11.3 Å². The normalized spacial score (nSPS) is 18.7. The summed E-state index contributed by atoms with van der Waals surface area (Å²) in [6.45, 7) is 0. The average molecular weight is 643 g/mol. The molecule has 3 amide bonds. The number of benzene rings is 2. The topological polar surface area (TPSA) is 153 Å². The van der Waals surface area contributed by atoms with Gasteiger partial charge in [-0.05, 0) is 36.8 Å². The number of nitrogens with one attached hydrogen (secondary N) is 1. The second kappa shape index (κ2) is 11.9. The molecule has 2 fully saturated rings. The first-order valence-electron chi connectivity index (χ1n) is 13.4. The first-order chi connectivity index (χ1) is 20.8. The average Bonchev–Trinajstić information content (AvgIpc) is 3.36. The summed E-state index contributed by atoms with van der Waals surface area (Å²) < 4.78 is 52.3. The predicted octanol–water partition coefficient (Wildman–Crippen LogP) is 3.59. The number of anilines is 2. The van der Waals surface area contributed by atoms with Gasteiger partial charge in [-0.25, -0.2) is 27.2 Å². The van der Waals surface area contributed by atoms with Gasteiger partial charge in [0.25, 0.3) is 11.8 Å². The van der Waals surface area contributed by atoms with Crippen LogP contribution in [0.3, 0.4) is 0 Å². The third-order valence-corrected chi connectivity index (χ3v) is 8.83. The van der Waals surface area contributed by atoms with E-state index in [-0.39, 0.29) is 45.7 Å². The fourth-order valence-corrected chi connectivity index (χ4v) is 6.16. The van der Waals surface area contributed by atoms with Gasteiger partial charge in [-0.1, -0.05) is 35.9 Å². The van der Waals surface area contributed by atoms with Crippen molar-refractivity contribution in [2.24, 2.45) is 0 Å². The molecule has 5 rings (SSSR count). The Morgan fingerprint density at radius 1 is 1.18 bits per heavy atom. The van der Waals surface area contributed by atoms with Gasteiger partial charge in [0.05, 0.1) is 4.90 Å². The molecule has 0 spiro atoms. The first kappa shape index (κ1) is 31.0. The molecule has 1 aliphatic carbocycles. The van der Waals surface area contributed by atoms with Gasteiger partial charge in [0.2, 0.25) is 17.8 Å². The second-order valence-electron chi connectivity index (χ2n) is 10.5. The molecule has 2 heterocycles. The highest BCUT2D eigenvalue weighted by Crippen LogP contribution is 2.40. The molecule has 1 aromatic heterocycles. The summed E-state index contributed by atoms with van der Waals surface area (Å²) in [7, 11) is -3.78. The first-order valence-corrected chi connectivity index (χ1v) is 15.7. The van der Waals surface area contributed by atoms with E-state index in [1.165, 1.54) is 48.7 Å². The van der Waals surface area contributed by atoms with E-state index in [1.807, 2.05) is 6.07 Å². The minimum absolute atomic E-state index is 0.0220. The van der Waals surface area contributed by atoms with Crippen LogP contribution in [0.15, 0.2) is 65.7 Å². The van der Waals surface area contributed by atoms with Crippen LogP contribution in [-0.2, 0) is 24.2 Å². The zero-order valence-electron chi connectivity index (χ0n) is 23.2. The Hall–Kier alpha value is -4.48. The maximum absolute atomic E-state index is 14.6. The number of nitrogens with zero attached hydrogens (tertiary/aromatic N) is 5. The number of rotatable bonds is 8. The van der Waals surface area contributed by atoms with E-state index in [0.717, 1.165) is 16.1 Å². The lowest BCUT2D eigenvalue weighted by Crippen LogP contribution is -2.56. The number of carbonyl (C=O) groups is 3. The minimum atomic E-state index is -3.78. The van der Waals surface area contributed by atoms with Crippen molar-refractivity contribution < 1.29 is 31.6 Å². The Morgan fingerprint density at radius 3 is 2.57 bits per heavy atom. The molecule has 1 saturated heterocycles. The molecule has 228 valence electrons. The monoisotopic (exact) mass is 642 g/mol. The van der Waals surface area contributed by atoms with Gasteiger partial charge in [0.1, 0.15) is 23.8 Å². The van der Waals surface area contributed by atoms with Crippen LogP contribution >= 0.6 is 11.6 Å². The summed E-state index contributed by atoms with van der Waals surface area (Å²) in [5.41, 5.74) is 0.0571. The molecule has 2 aromatic carbocycles. The summed E-state index contributed by atoms with van der Waals surface area (Å²) in [5.74, 6) is -5.31. The fraction of sp³-hybridized carbons (Fsp3) is 0.310. The van der Waals surface area contributed by atoms with E-state index < -0.39 is 64.4 Å². The standard InChI is InChI=1S/C29H25ClF2N6O5S/c1-44(42,43)20-6-4-5-19(13-20)37(27(41)23-9-10-24(39)38(23)28-34-12-11-17(16-33)36-28)25(21-7-2-3-8-22(21)30)26(40)35-18-14-29(31,32)15-18/h2-8,11-13,18,23,25H,9-10,14-15H2,1H3,(H,35,40)/t23-,25-/m0/s1. The van der Waals surface area contributed by atoms with Crippen LogP contribution < -0.4 is 15.1 Å². The van der Waals surface area contributed by atoms with Crippen molar-refractivity contribution in [2.45, 2.75) is 54.6 Å². The summed E-state index contributed by atoms with van der Waals surface area (Å²) in [6, 6.07) is 10.9. The van der Waals surface area contributed by atoms with E-state index in [0.29, 0.717) is 0 Å². The maximum Gasteiger partial charge on any atom is 0.252 e. The van der Waals surface area contributed by atoms with Gasteiger partial charge in [-0.3, -0.25) is 24.2 Å². The maximum atomic E-state index is 14.6. The van der Waals surface area contributed by atoms with Crippen LogP contribution in [0.2, 0.25) is 5.02 Å². The van der Waals surface area contributed by atoms with Crippen molar-refractivity contribution in [1.82, 2.24) is 15.3 Å². The summed E-state index contributed by atoms with van der Waals surface area (Å²) in [4.78, 5) is 51.7. The van der Waals surface area contributed by atoms with Crippen LogP contribution in [0.25, 0.3) is 0 Å². The number of sulfone groups is 1. The zero-order valence-corrected chi connectivity index (χ0v) is 24.7. The zero-order chi connectivity index (χ0) is 31.8. The van der Waals surface area contributed by atoms with Crippen molar-refractivity contribution in [3.05, 3.63) is 77.1 Å². The van der Waals surface area contributed by atoms with Crippen LogP contribution in [-0.4, -0.2) is 60.4 Å². The third-order valence-electron chi connectivity index (χ3n) is 7.37. The van der Waals surface area contributed by atoms with Gasteiger partial charge < -0.3 is 5.32 Å². The molecule has 2 atom stereocenters. The van der Waals surface area contributed by atoms with E-state index in [4.69, 9.17) is 11.6 Å². The Kier molecular flexibility index (Phi) is 8.37.